The highest BCUT2D eigenvalue weighted by Gasteiger charge is 2.35. The topological polar surface area (TPSA) is 17.8 Å². The van der Waals surface area contributed by atoms with Crippen LogP contribution in [0.3, 0.4) is 0 Å². The molecule has 0 spiro atoms. The molecule has 2 nitrogen and oxygen atoms in total. The van der Waals surface area contributed by atoms with Gasteiger partial charge in [0.05, 0.1) is 11.0 Å². The van der Waals surface area contributed by atoms with Gasteiger partial charge in [0.2, 0.25) is 0 Å². The van der Waals surface area contributed by atoms with Gasteiger partial charge in [0.1, 0.15) is 5.82 Å². The van der Waals surface area contributed by atoms with Gasteiger partial charge in [-0.3, -0.25) is 4.57 Å². The van der Waals surface area contributed by atoms with Crippen LogP contribution in [0.2, 0.25) is 0 Å². The molecule has 60 heavy (non-hydrogen) atoms. The van der Waals surface area contributed by atoms with E-state index >= 15 is 0 Å². The van der Waals surface area contributed by atoms with Crippen LogP contribution in [0, 0.1) is 0 Å². The number of nitrogens with zero attached hydrogens (tertiary/aromatic N) is 2. The van der Waals surface area contributed by atoms with Crippen LogP contribution in [0.15, 0.2) is 206 Å². The van der Waals surface area contributed by atoms with Crippen molar-refractivity contribution < 1.29 is 0 Å². The fourth-order valence-electron chi connectivity index (χ4n) is 10.2. The van der Waals surface area contributed by atoms with Crippen LogP contribution in [0.25, 0.3) is 105 Å². The molecule has 11 aromatic rings. The van der Waals surface area contributed by atoms with Crippen LogP contribution in [-0.4, -0.2) is 9.55 Å². The highest BCUT2D eigenvalue weighted by atomic mass is 15.1. The highest BCUT2D eigenvalue weighted by Crippen LogP contribution is 2.51. The van der Waals surface area contributed by atoms with Crippen LogP contribution in [0.5, 0.6) is 0 Å². The van der Waals surface area contributed by atoms with E-state index in [2.05, 4.69) is 225 Å². The number of fused-ring (bicyclic) bond motifs is 7. The van der Waals surface area contributed by atoms with Crippen molar-refractivity contribution in [2.75, 3.05) is 0 Å². The third kappa shape index (κ3) is 5.17. The fourth-order valence-corrected chi connectivity index (χ4v) is 10.2. The average molecular weight is 765 g/mol. The van der Waals surface area contributed by atoms with E-state index < -0.39 is 0 Å². The minimum Gasteiger partial charge on any atom is -0.292 e. The first-order valence-electron chi connectivity index (χ1n) is 20.9. The first-order valence-corrected chi connectivity index (χ1v) is 20.9. The van der Waals surface area contributed by atoms with Crippen molar-refractivity contribution in [2.24, 2.45) is 0 Å². The van der Waals surface area contributed by atoms with Gasteiger partial charge in [-0.2, -0.15) is 0 Å². The van der Waals surface area contributed by atoms with E-state index in [1.165, 1.54) is 88.0 Å². The molecule has 0 bridgehead atoms. The predicted octanol–water partition coefficient (Wildman–Crippen LogP) is 15.5. The molecule has 0 fully saturated rings. The number of para-hydroxylation sites is 3. The Labute approximate surface area is 349 Å². The van der Waals surface area contributed by atoms with Crippen molar-refractivity contribution in [1.29, 1.82) is 0 Å². The summed E-state index contributed by atoms with van der Waals surface area (Å²) < 4.78 is 2.27. The molecular weight excluding hydrogens is 725 g/mol. The zero-order valence-electron chi connectivity index (χ0n) is 33.5. The SMILES string of the molecule is CC1(C)c2ccccc2-c2cc(-c3c4ccccc4c(-c4ccc(-c5nc6ccccc6n5-c5ccccc5)cc4)c4ccc(-c5cccc6ccccc56)cc34)ccc21. The maximum absolute atomic E-state index is 5.18. The van der Waals surface area contributed by atoms with E-state index in [1.807, 2.05) is 0 Å². The first kappa shape index (κ1) is 34.5. The molecule has 0 saturated heterocycles. The summed E-state index contributed by atoms with van der Waals surface area (Å²) in [6.07, 6.45) is 0. The van der Waals surface area contributed by atoms with Crippen LogP contribution in [-0.2, 0) is 5.41 Å². The van der Waals surface area contributed by atoms with Crippen molar-refractivity contribution in [3.8, 4) is 61.6 Å². The number of benzene rings is 10. The predicted molar refractivity (Wildman–Crippen MR) is 253 cm³/mol. The molecule has 10 aromatic carbocycles. The van der Waals surface area contributed by atoms with Gasteiger partial charge in [-0.15, -0.1) is 0 Å². The van der Waals surface area contributed by atoms with E-state index in [0.29, 0.717) is 0 Å². The molecule has 282 valence electrons. The van der Waals surface area contributed by atoms with E-state index in [9.17, 15) is 0 Å². The van der Waals surface area contributed by atoms with Crippen LogP contribution >= 0.6 is 0 Å². The summed E-state index contributed by atoms with van der Waals surface area (Å²) in [6.45, 7) is 4.71. The van der Waals surface area contributed by atoms with Gasteiger partial charge in [-0.05, 0) is 124 Å². The molecular formula is C58H40N2. The normalized spacial score (nSPS) is 13.0. The van der Waals surface area contributed by atoms with E-state index in [0.717, 1.165) is 28.1 Å². The lowest BCUT2D eigenvalue weighted by Crippen LogP contribution is -2.14. The Bertz CT molecular complexity index is 3490. The summed E-state index contributed by atoms with van der Waals surface area (Å²) in [5.41, 5.74) is 17.0. The molecule has 0 radical (unpaired) electrons. The maximum Gasteiger partial charge on any atom is 0.145 e. The summed E-state index contributed by atoms with van der Waals surface area (Å²) >= 11 is 0. The number of imidazole rings is 1. The summed E-state index contributed by atoms with van der Waals surface area (Å²) in [6, 6.07) is 75.7. The molecule has 2 heteroatoms. The summed E-state index contributed by atoms with van der Waals surface area (Å²) in [5, 5.41) is 7.47. The van der Waals surface area contributed by atoms with E-state index in [1.54, 1.807) is 0 Å². The number of hydrogen-bond acceptors (Lipinski definition) is 1. The van der Waals surface area contributed by atoms with E-state index in [4.69, 9.17) is 4.98 Å². The molecule has 12 rings (SSSR count). The Kier molecular flexibility index (Phi) is 7.61. The quantitative estimate of drug-likeness (QED) is 0.160. The molecule has 0 atom stereocenters. The third-order valence-electron chi connectivity index (χ3n) is 13.0. The van der Waals surface area contributed by atoms with Crippen LogP contribution in [0.4, 0.5) is 0 Å². The Morgan fingerprint density at radius 3 is 1.80 bits per heavy atom. The summed E-state index contributed by atoms with van der Waals surface area (Å²) in [7, 11) is 0. The highest BCUT2D eigenvalue weighted by molar-refractivity contribution is 6.22. The summed E-state index contributed by atoms with van der Waals surface area (Å²) in [5.74, 6) is 0.931. The minimum atomic E-state index is -0.0584. The number of aromatic nitrogens is 2. The lowest BCUT2D eigenvalue weighted by Gasteiger charge is -2.22. The average Bonchev–Trinajstić information content (AvgIpc) is 3.80. The number of rotatable bonds is 5. The Morgan fingerprint density at radius 2 is 0.967 bits per heavy atom. The van der Waals surface area contributed by atoms with Crippen molar-refractivity contribution in [1.82, 2.24) is 9.55 Å². The second-order valence-corrected chi connectivity index (χ2v) is 16.7. The maximum atomic E-state index is 5.18. The second-order valence-electron chi connectivity index (χ2n) is 16.7. The van der Waals surface area contributed by atoms with Crippen molar-refractivity contribution >= 4 is 43.4 Å². The van der Waals surface area contributed by atoms with Gasteiger partial charge in [0, 0.05) is 16.7 Å². The van der Waals surface area contributed by atoms with Gasteiger partial charge in [0.15, 0.2) is 0 Å². The van der Waals surface area contributed by atoms with Gasteiger partial charge in [0.25, 0.3) is 0 Å². The van der Waals surface area contributed by atoms with E-state index in [-0.39, 0.29) is 5.41 Å². The molecule has 0 amide bonds. The Balaban J connectivity index is 1.10. The standard InChI is InChI=1S/C58H40N2/c1-58(2)51-24-11-10-20-45(51)49-36-41(32-34-52(49)58)56-47-22-9-8-21-46(47)55(48-33-31-40(35-50(48)56)44-23-14-16-37-15-6-7-19-43(37)44)38-27-29-39(30-28-38)57-59-53-25-12-13-26-54(53)60(57)42-17-4-3-5-18-42/h3-36H,1-2H3. The lowest BCUT2D eigenvalue weighted by molar-refractivity contribution is 0.660. The largest absolute Gasteiger partial charge is 0.292 e. The van der Waals surface area contributed by atoms with Gasteiger partial charge < -0.3 is 0 Å². The molecule has 0 N–H and O–H groups in total. The van der Waals surface area contributed by atoms with Crippen molar-refractivity contribution in [2.45, 2.75) is 19.3 Å². The van der Waals surface area contributed by atoms with Crippen LogP contribution in [0.1, 0.15) is 25.0 Å². The molecule has 1 aliphatic carbocycles. The zero-order chi connectivity index (χ0) is 40.0. The third-order valence-corrected chi connectivity index (χ3v) is 13.0. The second kappa shape index (κ2) is 13.2. The minimum absolute atomic E-state index is 0.0584. The van der Waals surface area contributed by atoms with Crippen LogP contribution < -0.4 is 0 Å². The van der Waals surface area contributed by atoms with Crippen molar-refractivity contribution in [3.05, 3.63) is 217 Å². The molecule has 0 saturated carbocycles. The fraction of sp³-hybridized carbons (Fsp3) is 0.0517. The summed E-state index contributed by atoms with van der Waals surface area (Å²) in [4.78, 5) is 5.18. The first-order chi connectivity index (χ1) is 29.5. The Morgan fingerprint density at radius 1 is 0.383 bits per heavy atom. The number of hydrogen-bond donors (Lipinski definition) is 0. The van der Waals surface area contributed by atoms with Gasteiger partial charge in [-0.25, -0.2) is 4.98 Å². The zero-order valence-corrected chi connectivity index (χ0v) is 33.5. The molecule has 1 aliphatic rings. The van der Waals surface area contributed by atoms with Gasteiger partial charge in [-0.1, -0.05) is 184 Å². The molecule has 1 aromatic heterocycles. The molecule has 0 aliphatic heterocycles. The van der Waals surface area contributed by atoms with Crippen molar-refractivity contribution in [3.63, 3.8) is 0 Å². The molecule has 0 unspecified atom stereocenters. The monoisotopic (exact) mass is 764 g/mol. The smallest absolute Gasteiger partial charge is 0.145 e. The lowest BCUT2D eigenvalue weighted by atomic mass is 9.81. The van der Waals surface area contributed by atoms with Gasteiger partial charge >= 0.3 is 0 Å². The Hall–Kier alpha value is -7.55. The molecule has 1 heterocycles.